The minimum Gasteiger partial charge on any atom is -0.357 e. The van der Waals surface area contributed by atoms with E-state index in [1.54, 1.807) is 12.5 Å². The first-order valence-electron chi connectivity index (χ1n) is 7.11. The Labute approximate surface area is 137 Å². The van der Waals surface area contributed by atoms with Gasteiger partial charge in [-0.05, 0) is 25.0 Å². The molecule has 1 amide bonds. The molecule has 0 unspecified atom stereocenters. The Morgan fingerprint density at radius 1 is 1.26 bits per heavy atom. The smallest absolute Gasteiger partial charge is 0.302 e. The van der Waals surface area contributed by atoms with E-state index >= 15 is 0 Å². The van der Waals surface area contributed by atoms with Crippen molar-refractivity contribution in [3.8, 4) is 0 Å². The van der Waals surface area contributed by atoms with E-state index in [4.69, 9.17) is 11.6 Å². The quantitative estimate of drug-likeness (QED) is 0.766. The molecule has 2 fully saturated rings. The summed E-state index contributed by atoms with van der Waals surface area (Å²) >= 11 is 6.16. The number of anilines is 1. The lowest BCUT2D eigenvalue weighted by Crippen LogP contribution is -2.55. The molecule has 4 heterocycles. The van der Waals surface area contributed by atoms with Gasteiger partial charge in [-0.15, -0.1) is 0 Å². The van der Waals surface area contributed by atoms with Gasteiger partial charge in [-0.3, -0.25) is 9.20 Å². The van der Waals surface area contributed by atoms with Crippen LogP contribution in [0, 0.1) is 0 Å². The van der Waals surface area contributed by atoms with Crippen LogP contribution in [0.25, 0.3) is 5.52 Å². The molecule has 0 atom stereocenters. The molecular formula is C13H14ClN5O3S. The number of nitrogens with zero attached hydrogens (tertiary/aromatic N) is 3. The number of rotatable bonds is 1. The molecule has 2 aliphatic heterocycles. The van der Waals surface area contributed by atoms with Crippen LogP contribution < -0.4 is 14.3 Å². The van der Waals surface area contributed by atoms with E-state index in [-0.39, 0.29) is 0 Å². The van der Waals surface area contributed by atoms with Gasteiger partial charge in [0, 0.05) is 18.1 Å². The number of piperidine rings is 1. The number of aromatic nitrogens is 2. The van der Waals surface area contributed by atoms with Crippen LogP contribution in [0.3, 0.4) is 0 Å². The van der Waals surface area contributed by atoms with Crippen molar-refractivity contribution < 1.29 is 13.2 Å². The molecular weight excluding hydrogens is 342 g/mol. The van der Waals surface area contributed by atoms with E-state index in [0.29, 0.717) is 31.0 Å². The molecule has 2 aromatic heterocycles. The number of nitrogens with one attached hydrogen (secondary N) is 2. The Morgan fingerprint density at radius 3 is 2.65 bits per heavy atom. The normalized spacial score (nSPS) is 22.7. The van der Waals surface area contributed by atoms with Crippen molar-refractivity contribution in [2.45, 2.75) is 18.4 Å². The van der Waals surface area contributed by atoms with Gasteiger partial charge in [0.25, 0.3) is 5.91 Å². The highest BCUT2D eigenvalue weighted by atomic mass is 35.5. The number of imidazole rings is 1. The molecule has 2 saturated heterocycles. The average Bonchev–Trinajstić information content (AvgIpc) is 3.01. The third-order valence-corrected chi connectivity index (χ3v) is 5.73. The Bertz CT molecular complexity index is 901. The van der Waals surface area contributed by atoms with Crippen molar-refractivity contribution >= 4 is 39.1 Å². The largest absolute Gasteiger partial charge is 0.357 e. The molecule has 23 heavy (non-hydrogen) atoms. The predicted octanol–water partition coefficient (Wildman–Crippen LogP) is 0.291. The fraction of sp³-hybridized carbons (Fsp3) is 0.385. The SMILES string of the molecule is O=C1NS(=O)(=O)NC12CCN(c1cc(Cl)cc3cncn13)CC2. The Balaban J connectivity index is 1.63. The monoisotopic (exact) mass is 355 g/mol. The average molecular weight is 356 g/mol. The van der Waals surface area contributed by atoms with E-state index < -0.39 is 21.7 Å². The molecule has 0 aromatic carbocycles. The maximum absolute atomic E-state index is 12.0. The van der Waals surface area contributed by atoms with Crippen LogP contribution >= 0.6 is 11.6 Å². The fourth-order valence-electron chi connectivity index (χ4n) is 3.22. The highest BCUT2D eigenvalue weighted by molar-refractivity contribution is 7.88. The summed E-state index contributed by atoms with van der Waals surface area (Å²) in [4.78, 5) is 18.2. The number of halogens is 1. The minimum absolute atomic E-state index is 0.390. The third-order valence-electron chi connectivity index (χ3n) is 4.40. The highest BCUT2D eigenvalue weighted by Gasteiger charge is 2.50. The molecule has 2 aromatic rings. The second-order valence-electron chi connectivity index (χ2n) is 5.83. The molecule has 0 aliphatic carbocycles. The first-order chi connectivity index (χ1) is 10.9. The van der Waals surface area contributed by atoms with Crippen molar-refractivity contribution in [2.75, 3.05) is 18.0 Å². The zero-order valence-electron chi connectivity index (χ0n) is 12.0. The van der Waals surface area contributed by atoms with Gasteiger partial charge in [-0.2, -0.15) is 13.1 Å². The zero-order chi connectivity index (χ0) is 16.2. The Morgan fingerprint density at radius 2 is 2.00 bits per heavy atom. The third kappa shape index (κ3) is 2.35. The fourth-order valence-corrected chi connectivity index (χ4v) is 4.73. The maximum atomic E-state index is 12.0. The number of fused-ring (bicyclic) bond motifs is 1. The molecule has 2 aliphatic rings. The van der Waals surface area contributed by atoms with E-state index in [2.05, 4.69) is 14.6 Å². The lowest BCUT2D eigenvalue weighted by molar-refractivity contribution is -0.124. The van der Waals surface area contributed by atoms with Crippen molar-refractivity contribution in [1.29, 1.82) is 0 Å². The summed E-state index contributed by atoms with van der Waals surface area (Å²) in [6.45, 7) is 1.06. The second-order valence-corrected chi connectivity index (χ2v) is 7.68. The molecule has 8 nitrogen and oxygen atoms in total. The Hall–Kier alpha value is -1.84. The number of carbonyl (C=O) groups excluding carboxylic acids is 1. The second kappa shape index (κ2) is 4.83. The van der Waals surface area contributed by atoms with Gasteiger partial charge in [0.1, 0.15) is 17.7 Å². The van der Waals surface area contributed by atoms with Crippen LogP contribution in [0.2, 0.25) is 5.02 Å². The summed E-state index contributed by atoms with van der Waals surface area (Å²) in [6, 6.07) is 3.66. The number of amides is 1. The van der Waals surface area contributed by atoms with Gasteiger partial charge in [-0.1, -0.05) is 11.6 Å². The molecule has 0 bridgehead atoms. The predicted molar refractivity (Wildman–Crippen MR) is 84.6 cm³/mol. The summed E-state index contributed by atoms with van der Waals surface area (Å²) in [7, 11) is -3.72. The van der Waals surface area contributed by atoms with Crippen molar-refractivity contribution in [2.24, 2.45) is 0 Å². The van der Waals surface area contributed by atoms with Crippen LogP contribution in [0.4, 0.5) is 5.82 Å². The van der Waals surface area contributed by atoms with Crippen LogP contribution in [0.15, 0.2) is 24.7 Å². The Kier molecular flexibility index (Phi) is 3.09. The van der Waals surface area contributed by atoms with Crippen LogP contribution in [-0.2, 0) is 15.0 Å². The number of pyridine rings is 1. The van der Waals surface area contributed by atoms with Crippen molar-refractivity contribution in [3.05, 3.63) is 29.7 Å². The molecule has 122 valence electrons. The van der Waals surface area contributed by atoms with Crippen LogP contribution in [0.5, 0.6) is 0 Å². The molecule has 0 saturated carbocycles. The number of hydrogen-bond donors (Lipinski definition) is 2. The summed E-state index contributed by atoms with van der Waals surface area (Å²) in [5.41, 5.74) is -0.158. The molecule has 4 rings (SSSR count). The highest BCUT2D eigenvalue weighted by Crippen LogP contribution is 2.31. The van der Waals surface area contributed by atoms with Crippen molar-refractivity contribution in [3.63, 3.8) is 0 Å². The van der Waals surface area contributed by atoms with Crippen LogP contribution in [-0.4, -0.2) is 42.3 Å². The number of hydrogen-bond acceptors (Lipinski definition) is 5. The standard InChI is InChI=1S/C13H14ClN5O3S/c14-9-5-10-7-15-8-19(10)11(6-9)18-3-1-13(2-4-18)12(20)16-23(21,22)17-13/h5-8,17H,1-4H2,(H,16,20). The maximum Gasteiger partial charge on any atom is 0.302 e. The molecule has 2 N–H and O–H groups in total. The zero-order valence-corrected chi connectivity index (χ0v) is 13.6. The van der Waals surface area contributed by atoms with Gasteiger partial charge in [-0.25, -0.2) is 9.71 Å². The molecule has 10 heteroatoms. The summed E-state index contributed by atoms with van der Waals surface area (Å²) in [5.74, 6) is 0.400. The minimum atomic E-state index is -3.72. The van der Waals surface area contributed by atoms with E-state index in [1.165, 1.54) is 0 Å². The molecule has 0 radical (unpaired) electrons. The lowest BCUT2D eigenvalue weighted by Gasteiger charge is -2.37. The van der Waals surface area contributed by atoms with E-state index in [1.807, 2.05) is 21.3 Å². The molecule has 1 spiro atoms. The van der Waals surface area contributed by atoms with Gasteiger partial charge in [0.05, 0.1) is 11.7 Å². The van der Waals surface area contributed by atoms with Gasteiger partial charge < -0.3 is 4.90 Å². The summed E-state index contributed by atoms with van der Waals surface area (Å²) in [5, 5.41) is 0.604. The number of carbonyl (C=O) groups is 1. The first-order valence-corrected chi connectivity index (χ1v) is 8.97. The summed E-state index contributed by atoms with van der Waals surface area (Å²) in [6.07, 6.45) is 4.21. The van der Waals surface area contributed by atoms with Gasteiger partial charge in [0.15, 0.2) is 0 Å². The van der Waals surface area contributed by atoms with Gasteiger partial charge in [0.2, 0.25) is 0 Å². The topological polar surface area (TPSA) is 95.8 Å². The van der Waals surface area contributed by atoms with E-state index in [0.717, 1.165) is 11.3 Å². The van der Waals surface area contributed by atoms with Crippen LogP contribution in [0.1, 0.15) is 12.8 Å². The first kappa shape index (κ1) is 14.7. The lowest BCUT2D eigenvalue weighted by atomic mass is 9.88. The summed E-state index contributed by atoms with van der Waals surface area (Å²) < 4.78 is 29.5. The van der Waals surface area contributed by atoms with E-state index in [9.17, 15) is 13.2 Å². The van der Waals surface area contributed by atoms with Gasteiger partial charge >= 0.3 is 10.2 Å². The van der Waals surface area contributed by atoms with Crippen molar-refractivity contribution in [1.82, 2.24) is 18.8 Å².